The fourth-order valence-electron chi connectivity index (χ4n) is 2.30. The van der Waals surface area contributed by atoms with Crippen LogP contribution < -0.4 is 5.32 Å². The van der Waals surface area contributed by atoms with Gasteiger partial charge in [0, 0.05) is 31.8 Å². The molecule has 0 radical (unpaired) electrons. The van der Waals surface area contributed by atoms with Crippen molar-refractivity contribution in [3.63, 3.8) is 0 Å². The Labute approximate surface area is 138 Å². The molecule has 2 aromatic heterocycles. The van der Waals surface area contributed by atoms with Crippen LogP contribution in [0, 0.1) is 0 Å². The summed E-state index contributed by atoms with van der Waals surface area (Å²) in [5.41, 5.74) is 2.10. The van der Waals surface area contributed by atoms with Crippen LogP contribution in [0.3, 0.4) is 0 Å². The summed E-state index contributed by atoms with van der Waals surface area (Å²) in [4.78, 5) is 23.4. The number of carbonyl (C=O) groups is 2. The summed E-state index contributed by atoms with van der Waals surface area (Å²) < 4.78 is 3.05. The molecule has 3 aromatic rings. The predicted octanol–water partition coefficient (Wildman–Crippen LogP) is 2.12. The molecule has 0 spiro atoms. The minimum Gasteiger partial charge on any atom is -0.309 e. The van der Waals surface area contributed by atoms with Crippen molar-refractivity contribution in [2.75, 3.05) is 5.32 Å². The number of amides is 1. The van der Waals surface area contributed by atoms with Crippen molar-refractivity contribution in [1.29, 1.82) is 0 Å². The second-order valence-electron chi connectivity index (χ2n) is 5.41. The van der Waals surface area contributed by atoms with Crippen molar-refractivity contribution in [3.05, 3.63) is 54.4 Å². The third-order valence-corrected chi connectivity index (χ3v) is 3.52. The molecule has 1 amide bonds. The Kier molecular flexibility index (Phi) is 4.24. The lowest BCUT2D eigenvalue weighted by atomic mass is 10.2. The molecule has 122 valence electrons. The number of nitrogens with one attached hydrogen (secondary N) is 1. The summed E-state index contributed by atoms with van der Waals surface area (Å²) >= 11 is 0. The first-order chi connectivity index (χ1) is 11.5. The van der Waals surface area contributed by atoms with Crippen LogP contribution in [0.5, 0.6) is 0 Å². The fraction of sp³-hybridized carbons (Fsp3) is 0.176. The van der Waals surface area contributed by atoms with Gasteiger partial charge < -0.3 is 5.32 Å². The first kappa shape index (κ1) is 15.7. The number of benzene rings is 1. The van der Waals surface area contributed by atoms with E-state index in [-0.39, 0.29) is 18.2 Å². The molecule has 2 heterocycles. The molecule has 24 heavy (non-hydrogen) atoms. The molecule has 0 aliphatic rings. The highest BCUT2D eigenvalue weighted by molar-refractivity contribution is 5.92. The third-order valence-electron chi connectivity index (χ3n) is 3.52. The lowest BCUT2D eigenvalue weighted by molar-refractivity contribution is -0.117. The van der Waals surface area contributed by atoms with Crippen LogP contribution in [0.25, 0.3) is 11.3 Å². The van der Waals surface area contributed by atoms with Crippen LogP contribution >= 0.6 is 0 Å². The van der Waals surface area contributed by atoms with Crippen molar-refractivity contribution in [2.45, 2.75) is 13.5 Å². The van der Waals surface area contributed by atoms with E-state index in [1.807, 2.05) is 36.4 Å². The monoisotopic (exact) mass is 323 g/mol. The number of aryl methyl sites for hydroxylation is 1. The average Bonchev–Trinajstić information content (AvgIpc) is 3.16. The van der Waals surface area contributed by atoms with Gasteiger partial charge in [0.1, 0.15) is 18.1 Å². The molecule has 0 aliphatic carbocycles. The third kappa shape index (κ3) is 3.40. The van der Waals surface area contributed by atoms with Gasteiger partial charge in [-0.15, -0.1) is 0 Å². The number of Topliss-reactive ketones (excluding diaryl/α,β-unsaturated/α-hetero) is 1. The van der Waals surface area contributed by atoms with Crippen LogP contribution in [0.1, 0.15) is 17.4 Å². The number of rotatable bonds is 5. The van der Waals surface area contributed by atoms with E-state index in [2.05, 4.69) is 15.5 Å². The molecule has 7 heteroatoms. The van der Waals surface area contributed by atoms with Gasteiger partial charge >= 0.3 is 0 Å². The number of carbonyl (C=O) groups excluding carboxylic acids is 2. The second kappa shape index (κ2) is 6.49. The predicted molar refractivity (Wildman–Crippen MR) is 89.5 cm³/mol. The van der Waals surface area contributed by atoms with Crippen LogP contribution in [0.2, 0.25) is 0 Å². The van der Waals surface area contributed by atoms with Crippen molar-refractivity contribution >= 4 is 17.5 Å². The van der Waals surface area contributed by atoms with E-state index in [1.165, 1.54) is 11.6 Å². The highest BCUT2D eigenvalue weighted by Crippen LogP contribution is 2.20. The first-order valence-electron chi connectivity index (χ1n) is 7.46. The van der Waals surface area contributed by atoms with Crippen LogP contribution in [-0.2, 0) is 18.4 Å². The highest BCUT2D eigenvalue weighted by atomic mass is 16.2. The number of hydrogen-bond donors (Lipinski definition) is 1. The van der Waals surface area contributed by atoms with Crippen molar-refractivity contribution in [1.82, 2.24) is 19.6 Å². The maximum Gasteiger partial charge on any atom is 0.247 e. The zero-order valence-electron chi connectivity index (χ0n) is 13.4. The summed E-state index contributed by atoms with van der Waals surface area (Å²) in [5.74, 6) is 0.224. The van der Waals surface area contributed by atoms with E-state index in [4.69, 9.17) is 0 Å². The summed E-state index contributed by atoms with van der Waals surface area (Å²) in [6, 6.07) is 13.1. The van der Waals surface area contributed by atoms with E-state index < -0.39 is 0 Å². The summed E-state index contributed by atoms with van der Waals surface area (Å²) in [7, 11) is 1.77. The van der Waals surface area contributed by atoms with Crippen LogP contribution in [0.15, 0.2) is 48.7 Å². The summed E-state index contributed by atoms with van der Waals surface area (Å²) in [6.45, 7) is 1.46. The molecule has 0 saturated carbocycles. The standard InChI is InChI=1S/C17H17N5O2/c1-12(23)14-8-9-22(20-14)11-17(24)18-16-10-15(19-21(16)2)13-6-4-3-5-7-13/h3-10H,11H2,1-2H3,(H,18,24). The Morgan fingerprint density at radius 1 is 1.12 bits per heavy atom. The lowest BCUT2D eigenvalue weighted by Crippen LogP contribution is -2.20. The normalized spacial score (nSPS) is 10.6. The Hall–Kier alpha value is -3.22. The van der Waals surface area contributed by atoms with Gasteiger partial charge in [-0.25, -0.2) is 0 Å². The number of hydrogen-bond acceptors (Lipinski definition) is 4. The maximum absolute atomic E-state index is 12.2. The van der Waals surface area contributed by atoms with E-state index in [0.717, 1.165) is 11.3 Å². The van der Waals surface area contributed by atoms with E-state index in [1.54, 1.807) is 24.0 Å². The Morgan fingerprint density at radius 3 is 2.54 bits per heavy atom. The minimum atomic E-state index is -0.240. The molecule has 3 rings (SSSR count). The Bertz CT molecular complexity index is 880. The van der Waals surface area contributed by atoms with Gasteiger partial charge in [-0.2, -0.15) is 10.2 Å². The zero-order valence-corrected chi connectivity index (χ0v) is 13.4. The number of ketones is 1. The molecule has 0 atom stereocenters. The van der Waals surface area contributed by atoms with Gasteiger partial charge in [-0.05, 0) is 6.07 Å². The number of aromatic nitrogens is 4. The van der Waals surface area contributed by atoms with Gasteiger partial charge in [-0.1, -0.05) is 30.3 Å². The SMILES string of the molecule is CC(=O)c1ccn(CC(=O)Nc2cc(-c3ccccc3)nn2C)n1. The largest absolute Gasteiger partial charge is 0.309 e. The summed E-state index contributed by atoms with van der Waals surface area (Å²) in [5, 5.41) is 11.3. The minimum absolute atomic E-state index is 0.0269. The molecule has 1 aromatic carbocycles. The van der Waals surface area contributed by atoms with Gasteiger partial charge in [0.25, 0.3) is 0 Å². The van der Waals surface area contributed by atoms with Gasteiger partial charge in [0.15, 0.2) is 5.78 Å². The first-order valence-corrected chi connectivity index (χ1v) is 7.46. The molecule has 1 N–H and O–H groups in total. The molecule has 0 bridgehead atoms. The van der Waals surface area contributed by atoms with Crippen molar-refractivity contribution in [3.8, 4) is 11.3 Å². The number of anilines is 1. The van der Waals surface area contributed by atoms with Gasteiger partial charge in [0.05, 0.1) is 5.69 Å². The molecule has 0 aliphatic heterocycles. The second-order valence-corrected chi connectivity index (χ2v) is 5.41. The Balaban J connectivity index is 1.70. The molecule has 7 nitrogen and oxygen atoms in total. The van der Waals surface area contributed by atoms with E-state index >= 15 is 0 Å². The molecule has 0 fully saturated rings. The zero-order chi connectivity index (χ0) is 17.1. The van der Waals surface area contributed by atoms with E-state index in [0.29, 0.717) is 11.5 Å². The lowest BCUT2D eigenvalue weighted by Gasteiger charge is -2.05. The average molecular weight is 323 g/mol. The van der Waals surface area contributed by atoms with Gasteiger partial charge in [-0.3, -0.25) is 19.0 Å². The molecule has 0 unspecified atom stereocenters. The summed E-state index contributed by atoms with van der Waals surface area (Å²) in [6.07, 6.45) is 1.61. The van der Waals surface area contributed by atoms with Crippen LogP contribution in [0.4, 0.5) is 5.82 Å². The van der Waals surface area contributed by atoms with E-state index in [9.17, 15) is 9.59 Å². The smallest absolute Gasteiger partial charge is 0.247 e. The van der Waals surface area contributed by atoms with Gasteiger partial charge in [0.2, 0.25) is 5.91 Å². The Morgan fingerprint density at radius 2 is 1.88 bits per heavy atom. The van der Waals surface area contributed by atoms with Crippen molar-refractivity contribution in [2.24, 2.45) is 7.05 Å². The quantitative estimate of drug-likeness (QED) is 0.729. The topological polar surface area (TPSA) is 81.8 Å². The molecular formula is C17H17N5O2. The fourth-order valence-corrected chi connectivity index (χ4v) is 2.30. The van der Waals surface area contributed by atoms with Crippen LogP contribution in [-0.4, -0.2) is 31.3 Å². The highest BCUT2D eigenvalue weighted by Gasteiger charge is 2.12. The maximum atomic E-state index is 12.2. The molecular weight excluding hydrogens is 306 g/mol. The van der Waals surface area contributed by atoms with Crippen molar-refractivity contribution < 1.29 is 9.59 Å². The molecule has 0 saturated heterocycles. The number of nitrogens with zero attached hydrogens (tertiary/aromatic N) is 4.